The lowest BCUT2D eigenvalue weighted by Crippen LogP contribution is -3.00. The zero-order chi connectivity index (χ0) is 22.7. The van der Waals surface area contributed by atoms with Crippen molar-refractivity contribution in [3.63, 3.8) is 0 Å². The molecule has 1 atom stereocenters. The van der Waals surface area contributed by atoms with Crippen LogP contribution in [0.4, 0.5) is 14.9 Å². The number of rotatable bonds is 6. The van der Waals surface area contributed by atoms with Gasteiger partial charge < -0.3 is 27.0 Å². The number of ether oxygens (including phenoxy) is 1. The molecule has 6 nitrogen and oxygen atoms in total. The minimum absolute atomic E-state index is 0. The highest BCUT2D eigenvalue weighted by Gasteiger charge is 2.32. The largest absolute Gasteiger partial charge is 1.00 e. The van der Waals surface area contributed by atoms with Crippen molar-refractivity contribution in [2.45, 2.75) is 19.6 Å². The summed E-state index contributed by atoms with van der Waals surface area (Å²) < 4.78 is 22.1. The molecule has 1 aromatic heterocycles. The highest BCUT2D eigenvalue weighted by atomic mass is 79.9. The highest BCUT2D eigenvalue weighted by Crippen LogP contribution is 2.28. The summed E-state index contributed by atoms with van der Waals surface area (Å²) in [5.41, 5.74) is 2.69. The van der Waals surface area contributed by atoms with Crippen molar-refractivity contribution in [3.8, 4) is 11.1 Å². The van der Waals surface area contributed by atoms with Gasteiger partial charge in [0.25, 0.3) is 0 Å². The summed E-state index contributed by atoms with van der Waals surface area (Å²) in [6.45, 7) is 2.53. The Kier molecular flexibility index (Phi) is 8.05. The van der Waals surface area contributed by atoms with Crippen LogP contribution in [0.5, 0.6) is 0 Å². The van der Waals surface area contributed by atoms with Crippen molar-refractivity contribution in [1.82, 2.24) is 5.32 Å². The maximum atomic E-state index is 14.9. The molecule has 33 heavy (non-hydrogen) atoms. The highest BCUT2D eigenvalue weighted by molar-refractivity contribution is 6.30. The Labute approximate surface area is 206 Å². The van der Waals surface area contributed by atoms with Crippen LogP contribution in [0, 0.1) is 5.82 Å². The summed E-state index contributed by atoms with van der Waals surface area (Å²) in [4.78, 5) is 24.6. The Bertz CT molecular complexity index is 1140. The molecular weight excluding hydrogens is 513 g/mol. The van der Waals surface area contributed by atoms with Crippen LogP contribution in [0.3, 0.4) is 0 Å². The van der Waals surface area contributed by atoms with Crippen LogP contribution in [0.2, 0.25) is 5.02 Å². The third-order valence-electron chi connectivity index (χ3n) is 5.20. The third-order valence-corrected chi connectivity index (χ3v) is 5.45. The van der Waals surface area contributed by atoms with Crippen LogP contribution in [0.15, 0.2) is 67.0 Å². The monoisotopic (exact) mass is 533 g/mol. The number of halogens is 3. The second kappa shape index (κ2) is 10.8. The van der Waals surface area contributed by atoms with Crippen LogP contribution < -0.4 is 31.8 Å². The number of anilines is 1. The SMILES string of the molecule is CC(=O)NC[C@H]1CN(c2ccc(-c3cc[n+](Cc4ccc(Cl)cc4)cc3)c(F)c2)C(=O)O1.[Br-]. The lowest BCUT2D eigenvalue weighted by molar-refractivity contribution is -0.688. The van der Waals surface area contributed by atoms with Crippen LogP contribution in [0.1, 0.15) is 12.5 Å². The molecule has 172 valence electrons. The van der Waals surface area contributed by atoms with E-state index in [0.29, 0.717) is 22.8 Å². The number of carbonyl (C=O) groups excluding carboxylic acids is 2. The molecule has 1 aliphatic heterocycles. The fourth-order valence-electron chi connectivity index (χ4n) is 3.55. The number of pyridine rings is 1. The average molecular weight is 535 g/mol. The number of carbonyl (C=O) groups is 2. The van der Waals surface area contributed by atoms with Crippen molar-refractivity contribution in [2.75, 3.05) is 18.0 Å². The predicted molar refractivity (Wildman–Crippen MR) is 119 cm³/mol. The van der Waals surface area contributed by atoms with E-state index in [1.165, 1.54) is 17.9 Å². The molecule has 9 heteroatoms. The first-order valence-electron chi connectivity index (χ1n) is 10.1. The molecule has 0 unspecified atom stereocenters. The molecule has 0 radical (unpaired) electrons. The molecule has 0 bridgehead atoms. The van der Waals surface area contributed by atoms with E-state index in [-0.39, 0.29) is 36.0 Å². The van der Waals surface area contributed by atoms with Gasteiger partial charge in [0.1, 0.15) is 11.9 Å². The van der Waals surface area contributed by atoms with E-state index in [1.54, 1.807) is 12.1 Å². The summed E-state index contributed by atoms with van der Waals surface area (Å²) in [5.74, 6) is -0.636. The zero-order valence-electron chi connectivity index (χ0n) is 17.8. The molecule has 1 fully saturated rings. The first kappa shape index (κ1) is 24.7. The Morgan fingerprint density at radius 2 is 1.88 bits per heavy atom. The number of cyclic esters (lactones) is 1. The van der Waals surface area contributed by atoms with Gasteiger partial charge in [-0.15, -0.1) is 0 Å². The maximum absolute atomic E-state index is 14.9. The van der Waals surface area contributed by atoms with Crippen molar-refractivity contribution in [3.05, 3.63) is 83.4 Å². The summed E-state index contributed by atoms with van der Waals surface area (Å²) in [6, 6.07) is 16.0. The van der Waals surface area contributed by atoms with Crippen molar-refractivity contribution in [1.29, 1.82) is 0 Å². The van der Waals surface area contributed by atoms with Gasteiger partial charge in [0, 0.05) is 35.2 Å². The fraction of sp³-hybridized carbons (Fsp3) is 0.208. The Morgan fingerprint density at radius 1 is 1.18 bits per heavy atom. The van der Waals surface area contributed by atoms with Crippen LogP contribution >= 0.6 is 11.6 Å². The molecule has 3 aromatic rings. The van der Waals surface area contributed by atoms with E-state index in [4.69, 9.17) is 16.3 Å². The van der Waals surface area contributed by atoms with Gasteiger partial charge in [0.2, 0.25) is 5.91 Å². The quantitative estimate of drug-likeness (QED) is 0.479. The fourth-order valence-corrected chi connectivity index (χ4v) is 3.67. The minimum Gasteiger partial charge on any atom is -1.00 e. The molecule has 4 rings (SSSR count). The first-order chi connectivity index (χ1) is 15.4. The van der Waals surface area contributed by atoms with Crippen LogP contribution in [0.25, 0.3) is 11.1 Å². The maximum Gasteiger partial charge on any atom is 0.414 e. The van der Waals surface area contributed by atoms with Gasteiger partial charge in [0.05, 0.1) is 18.8 Å². The topological polar surface area (TPSA) is 62.5 Å². The van der Waals surface area contributed by atoms with E-state index in [0.717, 1.165) is 11.1 Å². The van der Waals surface area contributed by atoms with Crippen molar-refractivity contribution in [2.24, 2.45) is 0 Å². The lowest BCUT2D eigenvalue weighted by Gasteiger charge is -2.14. The molecule has 1 N–H and O–H groups in total. The summed E-state index contributed by atoms with van der Waals surface area (Å²) in [7, 11) is 0. The third kappa shape index (κ3) is 6.09. The summed E-state index contributed by atoms with van der Waals surface area (Å²) in [6.07, 6.45) is 2.75. The number of amides is 2. The number of hydrogen-bond acceptors (Lipinski definition) is 3. The molecule has 1 saturated heterocycles. The van der Waals surface area contributed by atoms with Crippen LogP contribution in [-0.4, -0.2) is 31.2 Å². The van der Waals surface area contributed by atoms with Gasteiger partial charge >= 0.3 is 6.09 Å². The number of hydrogen-bond donors (Lipinski definition) is 1. The Hall–Kier alpha value is -2.97. The van der Waals surface area contributed by atoms with Crippen molar-refractivity contribution >= 4 is 29.3 Å². The van der Waals surface area contributed by atoms with E-state index in [1.807, 2.05) is 53.4 Å². The zero-order valence-corrected chi connectivity index (χ0v) is 20.1. The van der Waals surface area contributed by atoms with E-state index in [9.17, 15) is 14.0 Å². The lowest BCUT2D eigenvalue weighted by atomic mass is 10.1. The van der Waals surface area contributed by atoms with Gasteiger partial charge in [0.15, 0.2) is 18.9 Å². The van der Waals surface area contributed by atoms with E-state index < -0.39 is 18.0 Å². The predicted octanol–water partition coefficient (Wildman–Crippen LogP) is 0.947. The number of nitrogens with zero attached hydrogens (tertiary/aromatic N) is 2. The number of aromatic nitrogens is 1. The Balaban J connectivity index is 0.00000306. The van der Waals surface area contributed by atoms with E-state index in [2.05, 4.69) is 5.32 Å². The van der Waals surface area contributed by atoms with Crippen LogP contribution in [-0.2, 0) is 16.1 Å². The second-order valence-corrected chi connectivity index (χ2v) is 8.04. The van der Waals surface area contributed by atoms with Gasteiger partial charge in [-0.2, -0.15) is 0 Å². The number of benzene rings is 2. The average Bonchev–Trinajstić information content (AvgIpc) is 3.15. The molecule has 2 aromatic carbocycles. The molecule has 0 spiro atoms. The Morgan fingerprint density at radius 3 is 2.52 bits per heavy atom. The van der Waals surface area contributed by atoms with E-state index >= 15 is 0 Å². The molecule has 2 heterocycles. The first-order valence-corrected chi connectivity index (χ1v) is 10.5. The summed E-state index contributed by atoms with van der Waals surface area (Å²) in [5, 5.41) is 3.31. The normalized spacial score (nSPS) is 15.1. The summed E-state index contributed by atoms with van der Waals surface area (Å²) >= 11 is 5.93. The second-order valence-electron chi connectivity index (χ2n) is 7.60. The molecule has 1 aliphatic rings. The van der Waals surface area contributed by atoms with Gasteiger partial charge in [-0.3, -0.25) is 9.69 Å². The van der Waals surface area contributed by atoms with Gasteiger partial charge in [-0.1, -0.05) is 23.7 Å². The molecular formula is C24H22BrClFN3O3. The smallest absolute Gasteiger partial charge is 0.414 e. The number of nitrogens with one attached hydrogen (secondary N) is 1. The standard InChI is InChI=1S/C24H21ClFN3O3.BrH/c1-16(30)27-13-21-15-29(24(31)32-21)20-6-7-22(23(26)12-20)18-8-10-28(11-9-18)14-17-2-4-19(25)5-3-17;/h2-12,21H,13-15H2,1H3;1H/t21-;/m0./s1. The minimum atomic E-state index is -0.560. The van der Waals surface area contributed by atoms with Gasteiger partial charge in [-0.25, -0.2) is 13.8 Å². The van der Waals surface area contributed by atoms with Gasteiger partial charge in [-0.05, 0) is 35.9 Å². The molecule has 2 amide bonds. The molecule has 0 saturated carbocycles. The molecule has 0 aliphatic carbocycles. The van der Waals surface area contributed by atoms with Crippen molar-refractivity contribution < 1.29 is 40.3 Å².